The van der Waals surface area contributed by atoms with E-state index in [-0.39, 0.29) is 6.04 Å². The SMILES string of the molecule is NNC(CCC1CCCO1)Cn1cnc2ccccc21. The largest absolute Gasteiger partial charge is 0.378 e. The van der Waals surface area contributed by atoms with Gasteiger partial charge in [-0.15, -0.1) is 0 Å². The lowest BCUT2D eigenvalue weighted by molar-refractivity contribution is 0.0990. The molecule has 2 heterocycles. The zero-order valence-corrected chi connectivity index (χ0v) is 11.7. The zero-order chi connectivity index (χ0) is 13.8. The smallest absolute Gasteiger partial charge is 0.0958 e. The van der Waals surface area contributed by atoms with Crippen molar-refractivity contribution in [2.24, 2.45) is 5.84 Å². The number of nitrogens with zero attached hydrogens (tertiary/aromatic N) is 2. The molecule has 1 aliphatic rings. The average molecular weight is 274 g/mol. The monoisotopic (exact) mass is 274 g/mol. The minimum Gasteiger partial charge on any atom is -0.378 e. The molecule has 1 aromatic heterocycles. The molecule has 1 aromatic carbocycles. The van der Waals surface area contributed by atoms with Gasteiger partial charge in [-0.2, -0.15) is 0 Å². The predicted octanol–water partition coefficient (Wildman–Crippen LogP) is 1.83. The number of benzene rings is 1. The van der Waals surface area contributed by atoms with Gasteiger partial charge in [0.1, 0.15) is 0 Å². The molecule has 0 radical (unpaired) electrons. The highest BCUT2D eigenvalue weighted by Gasteiger charge is 2.18. The summed E-state index contributed by atoms with van der Waals surface area (Å²) in [7, 11) is 0. The average Bonchev–Trinajstić information content (AvgIpc) is 3.13. The highest BCUT2D eigenvalue weighted by Crippen LogP contribution is 2.19. The molecule has 0 aliphatic carbocycles. The first-order valence-electron chi connectivity index (χ1n) is 7.34. The van der Waals surface area contributed by atoms with Crippen LogP contribution in [0, 0.1) is 0 Å². The maximum absolute atomic E-state index is 5.69. The van der Waals surface area contributed by atoms with Gasteiger partial charge in [-0.3, -0.25) is 11.3 Å². The number of nitrogens with one attached hydrogen (secondary N) is 1. The van der Waals surface area contributed by atoms with Gasteiger partial charge in [0.25, 0.3) is 0 Å². The Kier molecular flexibility index (Phi) is 4.30. The number of hydrogen-bond donors (Lipinski definition) is 2. The lowest BCUT2D eigenvalue weighted by Gasteiger charge is -2.18. The van der Waals surface area contributed by atoms with Crippen molar-refractivity contribution in [3.05, 3.63) is 30.6 Å². The van der Waals surface area contributed by atoms with Crippen molar-refractivity contribution < 1.29 is 4.74 Å². The molecule has 1 saturated heterocycles. The molecular formula is C15H22N4O. The quantitative estimate of drug-likeness (QED) is 0.623. The van der Waals surface area contributed by atoms with Gasteiger partial charge in [-0.05, 0) is 37.8 Å². The van der Waals surface area contributed by atoms with E-state index >= 15 is 0 Å². The topological polar surface area (TPSA) is 65.1 Å². The van der Waals surface area contributed by atoms with Crippen LogP contribution in [0.5, 0.6) is 0 Å². The van der Waals surface area contributed by atoms with Gasteiger partial charge < -0.3 is 9.30 Å². The van der Waals surface area contributed by atoms with E-state index in [4.69, 9.17) is 10.6 Å². The van der Waals surface area contributed by atoms with E-state index in [0.717, 1.165) is 37.0 Å². The molecule has 5 nitrogen and oxygen atoms in total. The third-order valence-corrected chi connectivity index (χ3v) is 4.04. The highest BCUT2D eigenvalue weighted by molar-refractivity contribution is 5.74. The number of fused-ring (bicyclic) bond motifs is 1. The zero-order valence-electron chi connectivity index (χ0n) is 11.7. The third-order valence-electron chi connectivity index (χ3n) is 4.04. The molecule has 3 rings (SSSR count). The molecule has 2 atom stereocenters. The number of aromatic nitrogens is 2. The summed E-state index contributed by atoms with van der Waals surface area (Å²) < 4.78 is 7.83. The fourth-order valence-electron chi connectivity index (χ4n) is 2.88. The van der Waals surface area contributed by atoms with Gasteiger partial charge in [0.2, 0.25) is 0 Å². The Bertz CT molecular complexity index is 548. The summed E-state index contributed by atoms with van der Waals surface area (Å²) in [4.78, 5) is 4.41. The highest BCUT2D eigenvalue weighted by atomic mass is 16.5. The van der Waals surface area contributed by atoms with E-state index in [2.05, 4.69) is 21.0 Å². The first-order chi connectivity index (χ1) is 9.86. The molecule has 1 aliphatic heterocycles. The molecule has 20 heavy (non-hydrogen) atoms. The van der Waals surface area contributed by atoms with Crippen LogP contribution in [-0.2, 0) is 11.3 Å². The van der Waals surface area contributed by atoms with Crippen LogP contribution < -0.4 is 11.3 Å². The number of ether oxygens (including phenoxy) is 1. The van der Waals surface area contributed by atoms with Crippen molar-refractivity contribution in [2.45, 2.75) is 44.4 Å². The van der Waals surface area contributed by atoms with Gasteiger partial charge >= 0.3 is 0 Å². The van der Waals surface area contributed by atoms with Crippen LogP contribution in [0.1, 0.15) is 25.7 Å². The van der Waals surface area contributed by atoms with Crippen molar-refractivity contribution in [3.63, 3.8) is 0 Å². The molecular weight excluding hydrogens is 252 g/mol. The standard InChI is InChI=1S/C15H22N4O/c16-18-12(7-8-13-4-3-9-20-13)10-19-11-17-14-5-1-2-6-15(14)19/h1-2,5-6,11-13,18H,3-4,7-10,16H2. The van der Waals surface area contributed by atoms with Crippen LogP contribution in [0.3, 0.4) is 0 Å². The van der Waals surface area contributed by atoms with Gasteiger partial charge in [0, 0.05) is 19.2 Å². The third kappa shape index (κ3) is 3.00. The summed E-state index contributed by atoms with van der Waals surface area (Å²) in [5, 5.41) is 0. The molecule has 3 N–H and O–H groups in total. The Morgan fingerprint density at radius 1 is 1.45 bits per heavy atom. The first kappa shape index (κ1) is 13.5. The first-order valence-corrected chi connectivity index (χ1v) is 7.34. The van der Waals surface area contributed by atoms with Crippen LogP contribution in [-0.4, -0.2) is 28.3 Å². The van der Waals surface area contributed by atoms with Gasteiger partial charge in [-0.1, -0.05) is 12.1 Å². The van der Waals surface area contributed by atoms with Crippen LogP contribution in [0.4, 0.5) is 0 Å². The lowest BCUT2D eigenvalue weighted by Crippen LogP contribution is -2.38. The second kappa shape index (κ2) is 6.35. The Labute approximate surface area is 119 Å². The summed E-state index contributed by atoms with van der Waals surface area (Å²) in [5.74, 6) is 5.69. The Morgan fingerprint density at radius 3 is 3.15 bits per heavy atom. The molecule has 2 aromatic rings. The van der Waals surface area contributed by atoms with E-state index in [0.29, 0.717) is 6.10 Å². The van der Waals surface area contributed by atoms with Gasteiger partial charge in [0.05, 0.1) is 23.5 Å². The Morgan fingerprint density at radius 2 is 2.35 bits per heavy atom. The van der Waals surface area contributed by atoms with Gasteiger partial charge in [-0.25, -0.2) is 4.98 Å². The van der Waals surface area contributed by atoms with Crippen molar-refractivity contribution in [2.75, 3.05) is 6.61 Å². The van der Waals surface area contributed by atoms with Crippen LogP contribution in [0.15, 0.2) is 30.6 Å². The lowest BCUT2D eigenvalue weighted by atomic mass is 10.1. The second-order valence-corrected chi connectivity index (χ2v) is 5.46. The molecule has 5 heteroatoms. The molecule has 0 saturated carbocycles. The minimum atomic E-state index is 0.247. The summed E-state index contributed by atoms with van der Waals surface area (Å²) in [6.07, 6.45) is 6.78. The minimum absolute atomic E-state index is 0.247. The molecule has 0 spiro atoms. The number of hydrazine groups is 1. The number of rotatable bonds is 6. The number of nitrogens with two attached hydrogens (primary N) is 1. The molecule has 0 bridgehead atoms. The fourth-order valence-corrected chi connectivity index (χ4v) is 2.88. The number of para-hydroxylation sites is 2. The Hall–Kier alpha value is -1.43. The van der Waals surface area contributed by atoms with Crippen molar-refractivity contribution in [1.29, 1.82) is 0 Å². The van der Waals surface area contributed by atoms with Crippen molar-refractivity contribution >= 4 is 11.0 Å². The van der Waals surface area contributed by atoms with Crippen LogP contribution in [0.25, 0.3) is 11.0 Å². The van der Waals surface area contributed by atoms with Gasteiger partial charge in [0.15, 0.2) is 0 Å². The van der Waals surface area contributed by atoms with Crippen LogP contribution in [0.2, 0.25) is 0 Å². The maximum Gasteiger partial charge on any atom is 0.0958 e. The van der Waals surface area contributed by atoms with Crippen molar-refractivity contribution in [3.8, 4) is 0 Å². The summed E-state index contributed by atoms with van der Waals surface area (Å²) in [5.41, 5.74) is 5.11. The second-order valence-electron chi connectivity index (χ2n) is 5.46. The van der Waals surface area contributed by atoms with E-state index in [1.807, 2.05) is 24.5 Å². The fraction of sp³-hybridized carbons (Fsp3) is 0.533. The van der Waals surface area contributed by atoms with E-state index < -0.39 is 0 Å². The molecule has 108 valence electrons. The normalized spacial score (nSPS) is 20.6. The Balaban J connectivity index is 1.61. The summed E-state index contributed by atoms with van der Waals surface area (Å²) >= 11 is 0. The predicted molar refractivity (Wildman–Crippen MR) is 79.1 cm³/mol. The van der Waals surface area contributed by atoms with Crippen molar-refractivity contribution in [1.82, 2.24) is 15.0 Å². The molecule has 2 unspecified atom stereocenters. The number of hydrogen-bond acceptors (Lipinski definition) is 4. The van der Waals surface area contributed by atoms with E-state index in [9.17, 15) is 0 Å². The van der Waals surface area contributed by atoms with Crippen LogP contribution >= 0.6 is 0 Å². The number of imidazole rings is 1. The molecule has 0 amide bonds. The maximum atomic E-state index is 5.69. The van der Waals surface area contributed by atoms with E-state index in [1.165, 1.54) is 12.8 Å². The summed E-state index contributed by atoms with van der Waals surface area (Å²) in [6.45, 7) is 1.75. The summed E-state index contributed by atoms with van der Waals surface area (Å²) in [6, 6.07) is 8.42. The van der Waals surface area contributed by atoms with E-state index in [1.54, 1.807) is 0 Å². The molecule has 1 fully saturated rings.